The summed E-state index contributed by atoms with van der Waals surface area (Å²) < 4.78 is 15.4. The predicted octanol–water partition coefficient (Wildman–Crippen LogP) is 1.60. The van der Waals surface area contributed by atoms with E-state index >= 15 is 0 Å². The van der Waals surface area contributed by atoms with Crippen LogP contribution in [0.25, 0.3) is 0 Å². The van der Waals surface area contributed by atoms with Gasteiger partial charge in [-0.2, -0.15) is 0 Å². The summed E-state index contributed by atoms with van der Waals surface area (Å²) in [6.07, 6.45) is 0.812. The third-order valence-electron chi connectivity index (χ3n) is 1.62. The van der Waals surface area contributed by atoms with Crippen molar-refractivity contribution in [3.8, 4) is 5.06 Å². The van der Waals surface area contributed by atoms with Crippen molar-refractivity contribution in [2.75, 3.05) is 33.5 Å². The van der Waals surface area contributed by atoms with Gasteiger partial charge in [-0.15, -0.1) is 0 Å². The van der Waals surface area contributed by atoms with Crippen molar-refractivity contribution in [2.45, 2.75) is 0 Å². The van der Waals surface area contributed by atoms with Gasteiger partial charge in [-0.3, -0.25) is 4.79 Å². The van der Waals surface area contributed by atoms with Crippen LogP contribution in [0, 0.1) is 0 Å². The van der Waals surface area contributed by atoms with E-state index in [1.54, 1.807) is 19.2 Å². The molecule has 0 fully saturated rings. The van der Waals surface area contributed by atoms with E-state index in [2.05, 4.69) is 0 Å². The van der Waals surface area contributed by atoms with Crippen molar-refractivity contribution in [3.05, 3.63) is 17.0 Å². The molecule has 15 heavy (non-hydrogen) atoms. The smallest absolute Gasteiger partial charge is 0.174 e. The zero-order valence-electron chi connectivity index (χ0n) is 8.60. The molecule has 0 saturated carbocycles. The average Bonchev–Trinajstić information content (AvgIpc) is 2.71. The molecule has 4 nitrogen and oxygen atoms in total. The quantitative estimate of drug-likeness (QED) is 0.502. The molecule has 0 aliphatic heterocycles. The summed E-state index contributed by atoms with van der Waals surface area (Å²) >= 11 is 1.33. The first-order valence-electron chi connectivity index (χ1n) is 4.61. The number of rotatable bonds is 8. The monoisotopic (exact) mass is 230 g/mol. The van der Waals surface area contributed by atoms with Crippen LogP contribution < -0.4 is 4.74 Å². The Morgan fingerprint density at radius 1 is 1.27 bits per heavy atom. The van der Waals surface area contributed by atoms with E-state index in [9.17, 15) is 4.79 Å². The Hall–Kier alpha value is -0.910. The number of thiophene rings is 1. The van der Waals surface area contributed by atoms with Crippen molar-refractivity contribution in [2.24, 2.45) is 0 Å². The molecule has 0 aliphatic rings. The topological polar surface area (TPSA) is 44.8 Å². The lowest BCUT2D eigenvalue weighted by molar-refractivity contribution is 0.0550. The number of carbonyl (C=O) groups is 1. The molecule has 0 aromatic carbocycles. The molecule has 0 saturated heterocycles. The molecule has 0 atom stereocenters. The fourth-order valence-electron chi connectivity index (χ4n) is 0.921. The third kappa shape index (κ3) is 4.92. The first-order chi connectivity index (χ1) is 7.36. The lowest BCUT2D eigenvalue weighted by Gasteiger charge is -2.04. The second-order valence-electron chi connectivity index (χ2n) is 2.73. The Morgan fingerprint density at radius 2 is 2.07 bits per heavy atom. The van der Waals surface area contributed by atoms with Gasteiger partial charge in [-0.25, -0.2) is 0 Å². The third-order valence-corrected chi connectivity index (χ3v) is 2.55. The lowest BCUT2D eigenvalue weighted by Crippen LogP contribution is -2.09. The summed E-state index contributed by atoms with van der Waals surface area (Å²) in [4.78, 5) is 11.1. The van der Waals surface area contributed by atoms with Gasteiger partial charge < -0.3 is 14.2 Å². The normalized spacial score (nSPS) is 10.2. The van der Waals surface area contributed by atoms with Crippen molar-refractivity contribution in [3.63, 3.8) is 0 Å². The van der Waals surface area contributed by atoms with Crippen LogP contribution in [0.4, 0.5) is 0 Å². The highest BCUT2D eigenvalue weighted by atomic mass is 32.1. The first kappa shape index (κ1) is 12.2. The molecule has 0 unspecified atom stereocenters. The fraction of sp³-hybridized carbons (Fsp3) is 0.500. The second-order valence-corrected chi connectivity index (χ2v) is 3.81. The summed E-state index contributed by atoms with van der Waals surface area (Å²) in [6.45, 7) is 2.18. The molecule has 1 aromatic rings. The number of aldehydes is 1. The van der Waals surface area contributed by atoms with Gasteiger partial charge in [0.15, 0.2) is 11.3 Å². The van der Waals surface area contributed by atoms with Crippen molar-refractivity contribution >= 4 is 17.6 Å². The maximum atomic E-state index is 10.4. The van der Waals surface area contributed by atoms with E-state index in [0.717, 1.165) is 11.3 Å². The van der Waals surface area contributed by atoms with Gasteiger partial charge in [0.1, 0.15) is 6.61 Å². The molecule has 0 radical (unpaired) electrons. The SMILES string of the molecule is COCCOCCOc1ccc(C=O)s1. The Bertz CT molecular complexity index is 285. The molecule has 0 N–H and O–H groups in total. The summed E-state index contributed by atoms with van der Waals surface area (Å²) in [5, 5.41) is 0.743. The van der Waals surface area contributed by atoms with Crippen LogP contribution in [0.3, 0.4) is 0 Å². The van der Waals surface area contributed by atoms with Crippen LogP contribution >= 0.6 is 11.3 Å². The summed E-state index contributed by atoms with van der Waals surface area (Å²) in [7, 11) is 1.63. The second kappa shape index (κ2) is 7.39. The lowest BCUT2D eigenvalue weighted by atomic mass is 10.5. The number of methoxy groups -OCH3 is 1. The minimum atomic E-state index is 0.489. The van der Waals surface area contributed by atoms with E-state index < -0.39 is 0 Å². The number of ether oxygens (including phenoxy) is 3. The molecule has 1 heterocycles. The van der Waals surface area contributed by atoms with Crippen LogP contribution in [0.5, 0.6) is 5.06 Å². The molecule has 1 rings (SSSR count). The van der Waals surface area contributed by atoms with Crippen LogP contribution in [-0.2, 0) is 9.47 Å². The van der Waals surface area contributed by atoms with Crippen molar-refractivity contribution < 1.29 is 19.0 Å². The Kier molecular flexibility index (Phi) is 5.99. The zero-order chi connectivity index (χ0) is 10.9. The highest BCUT2D eigenvalue weighted by Gasteiger charge is 1.99. The summed E-state index contributed by atoms with van der Waals surface area (Å²) in [5.41, 5.74) is 0. The summed E-state index contributed by atoms with van der Waals surface area (Å²) in [5.74, 6) is 0. The number of hydrogen-bond acceptors (Lipinski definition) is 5. The number of hydrogen-bond donors (Lipinski definition) is 0. The molecule has 1 aromatic heterocycles. The van der Waals surface area contributed by atoms with E-state index in [1.165, 1.54) is 11.3 Å². The molecule has 0 spiro atoms. The van der Waals surface area contributed by atoms with Gasteiger partial charge >= 0.3 is 0 Å². The van der Waals surface area contributed by atoms with E-state index in [-0.39, 0.29) is 0 Å². The van der Waals surface area contributed by atoms with Gasteiger partial charge in [0, 0.05) is 7.11 Å². The predicted molar refractivity (Wildman–Crippen MR) is 57.9 cm³/mol. The molecule has 0 bridgehead atoms. The van der Waals surface area contributed by atoms with E-state index in [0.29, 0.717) is 31.3 Å². The standard InChI is InChI=1S/C10H14O4S/c1-12-4-5-13-6-7-14-10-3-2-9(8-11)15-10/h2-3,8H,4-7H2,1H3. The van der Waals surface area contributed by atoms with E-state index in [1.807, 2.05) is 0 Å². The molecule has 0 aliphatic carbocycles. The van der Waals surface area contributed by atoms with Gasteiger partial charge in [0.05, 0.1) is 24.7 Å². The molecular formula is C10H14O4S. The maximum Gasteiger partial charge on any atom is 0.174 e. The van der Waals surface area contributed by atoms with Gasteiger partial charge in [0.2, 0.25) is 0 Å². The Morgan fingerprint density at radius 3 is 2.73 bits per heavy atom. The van der Waals surface area contributed by atoms with Gasteiger partial charge in [0.25, 0.3) is 0 Å². The van der Waals surface area contributed by atoms with Crippen LogP contribution in [0.2, 0.25) is 0 Å². The van der Waals surface area contributed by atoms with Crippen LogP contribution in [0.1, 0.15) is 9.67 Å². The van der Waals surface area contributed by atoms with Crippen LogP contribution in [0.15, 0.2) is 12.1 Å². The van der Waals surface area contributed by atoms with E-state index in [4.69, 9.17) is 14.2 Å². The zero-order valence-corrected chi connectivity index (χ0v) is 9.42. The first-order valence-corrected chi connectivity index (χ1v) is 5.43. The highest BCUT2D eigenvalue weighted by molar-refractivity contribution is 7.15. The average molecular weight is 230 g/mol. The Balaban J connectivity index is 2.07. The minimum absolute atomic E-state index is 0.489. The molecular weight excluding hydrogens is 216 g/mol. The maximum absolute atomic E-state index is 10.4. The minimum Gasteiger partial charge on any atom is -0.482 e. The molecule has 84 valence electrons. The molecule has 5 heteroatoms. The number of carbonyl (C=O) groups excluding carboxylic acids is 1. The van der Waals surface area contributed by atoms with Gasteiger partial charge in [-0.1, -0.05) is 11.3 Å². The highest BCUT2D eigenvalue weighted by Crippen LogP contribution is 2.22. The van der Waals surface area contributed by atoms with Gasteiger partial charge in [-0.05, 0) is 12.1 Å². The molecule has 0 amide bonds. The summed E-state index contributed by atoms with van der Waals surface area (Å²) in [6, 6.07) is 3.52. The van der Waals surface area contributed by atoms with Crippen molar-refractivity contribution in [1.29, 1.82) is 0 Å². The largest absolute Gasteiger partial charge is 0.482 e. The van der Waals surface area contributed by atoms with Crippen LogP contribution in [-0.4, -0.2) is 39.8 Å². The van der Waals surface area contributed by atoms with Crippen molar-refractivity contribution in [1.82, 2.24) is 0 Å². The Labute approximate surface area is 92.8 Å². The fourth-order valence-corrected chi connectivity index (χ4v) is 1.62.